The molecular weight excluding hydrogens is 170 g/mol. The van der Waals surface area contributed by atoms with Gasteiger partial charge in [-0.2, -0.15) is 0 Å². The third-order valence-electron chi connectivity index (χ3n) is 1.89. The number of aliphatic hydroxyl groups is 1. The number of rotatable bonds is 2. The van der Waals surface area contributed by atoms with E-state index in [4.69, 9.17) is 4.74 Å². The molecule has 1 fully saturated rings. The minimum Gasteiger partial charge on any atom is -0.458 e. The molecule has 2 atom stereocenters. The molecule has 0 aromatic carbocycles. The maximum absolute atomic E-state index is 11.3. The lowest BCUT2D eigenvalue weighted by Crippen LogP contribution is -2.54. The largest absolute Gasteiger partial charge is 0.458 e. The van der Waals surface area contributed by atoms with Crippen molar-refractivity contribution in [1.82, 2.24) is 5.32 Å². The zero-order valence-corrected chi connectivity index (χ0v) is 8.33. The van der Waals surface area contributed by atoms with Gasteiger partial charge in [-0.1, -0.05) is 0 Å². The molecule has 1 rings (SSSR count). The summed E-state index contributed by atoms with van der Waals surface area (Å²) in [4.78, 5) is 11.3. The standard InChI is InChI=1S/C9H17NO3/c1-9(2,3)13-8(12)7(11)6-4-5-10-6/h6-7,10-11H,4-5H2,1-3H3/t6-,7?/m0/s1. The van der Waals surface area contributed by atoms with Crippen LogP contribution in [0.15, 0.2) is 0 Å². The maximum Gasteiger partial charge on any atom is 0.337 e. The van der Waals surface area contributed by atoms with Gasteiger partial charge in [-0.15, -0.1) is 0 Å². The van der Waals surface area contributed by atoms with E-state index >= 15 is 0 Å². The summed E-state index contributed by atoms with van der Waals surface area (Å²) in [6.07, 6.45) is -0.187. The molecule has 0 amide bonds. The van der Waals surface area contributed by atoms with Crippen molar-refractivity contribution in [3.8, 4) is 0 Å². The Labute approximate surface area is 78.3 Å². The normalized spacial score (nSPS) is 24.8. The highest BCUT2D eigenvalue weighted by Gasteiger charge is 2.33. The average Bonchev–Trinajstić information content (AvgIpc) is 1.78. The van der Waals surface area contributed by atoms with Crippen molar-refractivity contribution in [2.24, 2.45) is 0 Å². The molecule has 4 nitrogen and oxygen atoms in total. The summed E-state index contributed by atoms with van der Waals surface area (Å²) >= 11 is 0. The van der Waals surface area contributed by atoms with Gasteiger partial charge in [-0.05, 0) is 33.7 Å². The van der Waals surface area contributed by atoms with Gasteiger partial charge in [0.2, 0.25) is 0 Å². The Balaban J connectivity index is 2.38. The number of hydrogen-bond donors (Lipinski definition) is 2. The fourth-order valence-corrected chi connectivity index (χ4v) is 1.11. The minimum absolute atomic E-state index is 0.116. The van der Waals surface area contributed by atoms with Crippen LogP contribution >= 0.6 is 0 Å². The van der Waals surface area contributed by atoms with E-state index in [1.165, 1.54) is 0 Å². The third kappa shape index (κ3) is 2.97. The van der Waals surface area contributed by atoms with E-state index in [1.54, 1.807) is 20.8 Å². The molecule has 13 heavy (non-hydrogen) atoms. The van der Waals surface area contributed by atoms with Crippen LogP contribution in [0.4, 0.5) is 0 Å². The van der Waals surface area contributed by atoms with E-state index in [0.29, 0.717) is 0 Å². The first-order valence-electron chi connectivity index (χ1n) is 4.54. The Bertz CT molecular complexity index is 194. The molecule has 1 aliphatic rings. The summed E-state index contributed by atoms with van der Waals surface area (Å²) in [5.74, 6) is -0.537. The summed E-state index contributed by atoms with van der Waals surface area (Å²) in [5, 5.41) is 12.4. The van der Waals surface area contributed by atoms with Crippen molar-refractivity contribution in [3.05, 3.63) is 0 Å². The first-order chi connectivity index (χ1) is 5.90. The Morgan fingerprint density at radius 3 is 2.46 bits per heavy atom. The van der Waals surface area contributed by atoms with Crippen LogP contribution in [0.2, 0.25) is 0 Å². The third-order valence-corrected chi connectivity index (χ3v) is 1.89. The zero-order chi connectivity index (χ0) is 10.1. The quantitative estimate of drug-likeness (QED) is 0.600. The van der Waals surface area contributed by atoms with Crippen molar-refractivity contribution in [2.45, 2.75) is 44.9 Å². The van der Waals surface area contributed by atoms with Crippen LogP contribution in [0.3, 0.4) is 0 Å². The number of ether oxygens (including phenoxy) is 1. The first-order valence-corrected chi connectivity index (χ1v) is 4.54. The highest BCUT2D eigenvalue weighted by atomic mass is 16.6. The van der Waals surface area contributed by atoms with Gasteiger partial charge in [0.05, 0.1) is 0 Å². The maximum atomic E-state index is 11.3. The molecule has 4 heteroatoms. The average molecular weight is 187 g/mol. The van der Waals surface area contributed by atoms with Crippen molar-refractivity contribution < 1.29 is 14.6 Å². The number of carbonyl (C=O) groups is 1. The first kappa shape index (κ1) is 10.5. The second-order valence-corrected chi connectivity index (χ2v) is 4.33. The molecule has 2 N–H and O–H groups in total. The second-order valence-electron chi connectivity index (χ2n) is 4.33. The summed E-state index contributed by atoms with van der Waals surface area (Å²) in [6, 6.07) is -0.116. The molecule has 1 saturated heterocycles. The molecular formula is C9H17NO3. The molecule has 0 saturated carbocycles. The summed E-state index contributed by atoms with van der Waals surface area (Å²) in [6.45, 7) is 6.22. The monoisotopic (exact) mass is 187 g/mol. The van der Waals surface area contributed by atoms with E-state index < -0.39 is 17.7 Å². The minimum atomic E-state index is -1.02. The lowest BCUT2D eigenvalue weighted by atomic mass is 10.0. The van der Waals surface area contributed by atoms with Crippen LogP contribution in [-0.2, 0) is 9.53 Å². The van der Waals surface area contributed by atoms with Gasteiger partial charge in [0.1, 0.15) is 5.60 Å². The highest BCUT2D eigenvalue weighted by Crippen LogP contribution is 2.13. The molecule has 0 aliphatic carbocycles. The van der Waals surface area contributed by atoms with Crippen LogP contribution in [0.5, 0.6) is 0 Å². The fourth-order valence-electron chi connectivity index (χ4n) is 1.11. The molecule has 1 aliphatic heterocycles. The van der Waals surface area contributed by atoms with Gasteiger partial charge < -0.3 is 15.2 Å². The van der Waals surface area contributed by atoms with Gasteiger partial charge >= 0.3 is 5.97 Å². The Morgan fingerprint density at radius 1 is 1.62 bits per heavy atom. The van der Waals surface area contributed by atoms with E-state index in [0.717, 1.165) is 13.0 Å². The Morgan fingerprint density at radius 2 is 2.15 bits per heavy atom. The summed E-state index contributed by atoms with van der Waals surface area (Å²) in [7, 11) is 0. The van der Waals surface area contributed by atoms with Crippen molar-refractivity contribution in [1.29, 1.82) is 0 Å². The molecule has 76 valence electrons. The summed E-state index contributed by atoms with van der Waals surface area (Å²) < 4.78 is 5.03. The molecule has 0 radical (unpaired) electrons. The van der Waals surface area contributed by atoms with Crippen molar-refractivity contribution >= 4 is 5.97 Å². The SMILES string of the molecule is CC(C)(C)OC(=O)C(O)[C@@H]1CCN1. The molecule has 0 aromatic rings. The number of esters is 1. The number of aliphatic hydroxyl groups excluding tert-OH is 1. The lowest BCUT2D eigenvalue weighted by molar-refractivity contribution is -0.167. The van der Waals surface area contributed by atoms with Crippen LogP contribution in [-0.4, -0.2) is 35.4 Å². The smallest absolute Gasteiger partial charge is 0.337 e. The number of nitrogens with one attached hydrogen (secondary N) is 1. The molecule has 0 aromatic heterocycles. The van der Waals surface area contributed by atoms with Crippen LogP contribution in [0, 0.1) is 0 Å². The molecule has 0 bridgehead atoms. The number of carbonyl (C=O) groups excluding carboxylic acids is 1. The molecule has 1 unspecified atom stereocenters. The van der Waals surface area contributed by atoms with Crippen LogP contribution < -0.4 is 5.32 Å². The highest BCUT2D eigenvalue weighted by molar-refractivity contribution is 5.75. The second kappa shape index (κ2) is 3.64. The Hall–Kier alpha value is -0.610. The van der Waals surface area contributed by atoms with Gasteiger partial charge in [0, 0.05) is 6.04 Å². The van der Waals surface area contributed by atoms with Gasteiger partial charge in [0.25, 0.3) is 0 Å². The topological polar surface area (TPSA) is 58.6 Å². The van der Waals surface area contributed by atoms with Gasteiger partial charge in [0.15, 0.2) is 6.10 Å². The van der Waals surface area contributed by atoms with Gasteiger partial charge in [-0.3, -0.25) is 0 Å². The van der Waals surface area contributed by atoms with Gasteiger partial charge in [-0.25, -0.2) is 4.79 Å². The fraction of sp³-hybridized carbons (Fsp3) is 0.889. The number of hydrogen-bond acceptors (Lipinski definition) is 4. The van der Waals surface area contributed by atoms with E-state index in [-0.39, 0.29) is 6.04 Å². The van der Waals surface area contributed by atoms with Crippen molar-refractivity contribution in [2.75, 3.05) is 6.54 Å². The molecule has 0 spiro atoms. The van der Waals surface area contributed by atoms with E-state index in [2.05, 4.69) is 5.32 Å². The zero-order valence-electron chi connectivity index (χ0n) is 8.33. The van der Waals surface area contributed by atoms with Crippen LogP contribution in [0.1, 0.15) is 27.2 Å². The van der Waals surface area contributed by atoms with Crippen molar-refractivity contribution in [3.63, 3.8) is 0 Å². The van der Waals surface area contributed by atoms with E-state index in [9.17, 15) is 9.90 Å². The Kier molecular flexibility index (Phi) is 2.93. The van der Waals surface area contributed by atoms with E-state index in [1.807, 2.05) is 0 Å². The predicted molar refractivity (Wildman–Crippen MR) is 48.3 cm³/mol. The lowest BCUT2D eigenvalue weighted by Gasteiger charge is -2.32. The molecule has 1 heterocycles. The van der Waals surface area contributed by atoms with Crippen LogP contribution in [0.25, 0.3) is 0 Å². The predicted octanol–water partition coefficient (Wildman–Crippen LogP) is 0.0509. The summed E-state index contributed by atoms with van der Waals surface area (Å²) in [5.41, 5.74) is -0.526.